The van der Waals surface area contributed by atoms with Crippen LogP contribution < -0.4 is 0 Å². The van der Waals surface area contributed by atoms with Gasteiger partial charge in [0, 0.05) is 9.13 Å². The van der Waals surface area contributed by atoms with Crippen molar-refractivity contribution >= 4 is 30.9 Å². The lowest BCUT2D eigenvalue weighted by Crippen LogP contribution is -2.29. The Kier molecular flexibility index (Phi) is 6.09. The highest BCUT2D eigenvalue weighted by Crippen LogP contribution is 2.19. The highest BCUT2D eigenvalue weighted by atomic mass is 127. The van der Waals surface area contributed by atoms with Gasteiger partial charge in [-0.3, -0.25) is 0 Å². The van der Waals surface area contributed by atoms with Crippen LogP contribution >= 0.6 is 22.6 Å². The van der Waals surface area contributed by atoms with Crippen LogP contribution in [0.4, 0.5) is 4.39 Å². The van der Waals surface area contributed by atoms with E-state index in [9.17, 15) is 4.39 Å². The van der Waals surface area contributed by atoms with Crippen LogP contribution in [0.3, 0.4) is 0 Å². The molecule has 1 nitrogen and oxygen atoms in total. The van der Waals surface area contributed by atoms with E-state index in [1.54, 1.807) is 6.07 Å². The monoisotopic (exact) mass is 366 g/mol. The normalized spacial score (nSPS) is 11.8. The zero-order valence-electron chi connectivity index (χ0n) is 10.7. The Bertz CT molecular complexity index is 368. The molecule has 0 aliphatic heterocycles. The molecule has 0 atom stereocenters. The van der Waals surface area contributed by atoms with Crippen molar-refractivity contribution in [2.24, 2.45) is 0 Å². The zero-order chi connectivity index (χ0) is 12.9. The third-order valence-electron chi connectivity index (χ3n) is 2.77. The topological polar surface area (TPSA) is 9.23 Å². The fraction of sp³-hybridized carbons (Fsp3) is 0.538. The largest absolute Gasteiger partial charge is 0.413 e. The first kappa shape index (κ1) is 15.1. The van der Waals surface area contributed by atoms with E-state index in [2.05, 4.69) is 42.6 Å². The quantitative estimate of drug-likeness (QED) is 0.511. The van der Waals surface area contributed by atoms with Gasteiger partial charge < -0.3 is 4.43 Å². The summed E-state index contributed by atoms with van der Waals surface area (Å²) >= 11 is 2.11. The summed E-state index contributed by atoms with van der Waals surface area (Å²) in [5.41, 5.74) is 0.669. The summed E-state index contributed by atoms with van der Waals surface area (Å²) in [6, 6.07) is 6.44. The molecule has 96 valence electrons. The van der Waals surface area contributed by atoms with Crippen molar-refractivity contribution in [2.75, 3.05) is 0 Å². The van der Waals surface area contributed by atoms with Crippen molar-refractivity contribution in [1.29, 1.82) is 0 Å². The molecule has 0 amide bonds. The van der Waals surface area contributed by atoms with Gasteiger partial charge in [-0.05, 0) is 53.9 Å². The molecule has 0 aliphatic rings. The van der Waals surface area contributed by atoms with E-state index in [1.165, 1.54) is 12.8 Å². The fourth-order valence-electron chi connectivity index (χ4n) is 1.59. The van der Waals surface area contributed by atoms with Crippen LogP contribution in [0, 0.1) is 9.39 Å². The number of hydrogen-bond donors (Lipinski definition) is 0. The molecule has 0 saturated heterocycles. The van der Waals surface area contributed by atoms with E-state index in [4.69, 9.17) is 4.43 Å². The van der Waals surface area contributed by atoms with Gasteiger partial charge in [-0.2, -0.15) is 0 Å². The minimum Gasteiger partial charge on any atom is -0.413 e. The summed E-state index contributed by atoms with van der Waals surface area (Å²) in [5, 5.41) is 0. The molecule has 0 aliphatic carbocycles. The summed E-state index contributed by atoms with van der Waals surface area (Å²) in [7, 11) is -1.61. The number of hydrogen-bond acceptors (Lipinski definition) is 1. The molecule has 1 rings (SSSR count). The molecule has 0 fully saturated rings. The van der Waals surface area contributed by atoms with Crippen molar-refractivity contribution in [1.82, 2.24) is 0 Å². The van der Waals surface area contributed by atoms with Crippen molar-refractivity contribution in [3.63, 3.8) is 0 Å². The standard InChI is InChI=1S/C13H20FIOSi/c1-4-5-8-17(2,3)16-10-11-6-7-12(15)9-13(11)14/h6-7,9H,4-5,8,10H2,1-3H3. The summed E-state index contributed by atoms with van der Waals surface area (Å²) in [5.74, 6) is -0.155. The first-order valence-electron chi connectivity index (χ1n) is 6.02. The Hall–Kier alpha value is 0.0569. The molecule has 0 aromatic heterocycles. The number of halogens is 2. The molecule has 1 aromatic rings. The first-order chi connectivity index (χ1) is 7.94. The summed E-state index contributed by atoms with van der Waals surface area (Å²) in [4.78, 5) is 0. The second kappa shape index (κ2) is 6.85. The van der Waals surface area contributed by atoms with E-state index in [0.29, 0.717) is 12.2 Å². The third-order valence-corrected chi connectivity index (χ3v) is 5.92. The van der Waals surface area contributed by atoms with Gasteiger partial charge in [-0.25, -0.2) is 4.39 Å². The third kappa shape index (κ3) is 5.48. The second-order valence-electron chi connectivity index (χ2n) is 4.89. The van der Waals surface area contributed by atoms with Crippen LogP contribution in [0.15, 0.2) is 18.2 Å². The minimum absolute atomic E-state index is 0.155. The van der Waals surface area contributed by atoms with Crippen LogP contribution in [-0.4, -0.2) is 8.32 Å². The van der Waals surface area contributed by atoms with E-state index in [0.717, 1.165) is 9.61 Å². The van der Waals surface area contributed by atoms with E-state index < -0.39 is 8.32 Å². The highest BCUT2D eigenvalue weighted by Gasteiger charge is 2.21. The predicted octanol–water partition coefficient (Wildman–Crippen LogP) is 4.95. The van der Waals surface area contributed by atoms with Crippen LogP contribution in [0.25, 0.3) is 0 Å². The van der Waals surface area contributed by atoms with Crippen LogP contribution in [0.1, 0.15) is 25.3 Å². The molecule has 0 bridgehead atoms. The van der Waals surface area contributed by atoms with E-state index in [1.807, 2.05) is 12.1 Å². The SMILES string of the molecule is CCCC[Si](C)(C)OCc1ccc(I)cc1F. The second-order valence-corrected chi connectivity index (χ2v) is 10.4. The number of rotatable bonds is 6. The number of benzene rings is 1. The number of unbranched alkanes of at least 4 members (excludes halogenated alkanes) is 1. The van der Waals surface area contributed by atoms with E-state index >= 15 is 0 Å². The van der Waals surface area contributed by atoms with Crippen molar-refractivity contribution in [3.05, 3.63) is 33.1 Å². The average Bonchev–Trinajstić information content (AvgIpc) is 2.25. The molecule has 1 aromatic carbocycles. The van der Waals surface area contributed by atoms with Gasteiger partial charge in [0.1, 0.15) is 5.82 Å². The van der Waals surface area contributed by atoms with Crippen LogP contribution in [-0.2, 0) is 11.0 Å². The summed E-state index contributed by atoms with van der Waals surface area (Å²) < 4.78 is 20.5. The Labute approximate surface area is 118 Å². The molecule has 17 heavy (non-hydrogen) atoms. The van der Waals surface area contributed by atoms with Gasteiger partial charge in [0.15, 0.2) is 8.32 Å². The van der Waals surface area contributed by atoms with Gasteiger partial charge in [-0.15, -0.1) is 0 Å². The molecule has 0 spiro atoms. The lowest BCUT2D eigenvalue weighted by molar-refractivity contribution is 0.287. The Morgan fingerprint density at radius 3 is 2.65 bits per heavy atom. The van der Waals surface area contributed by atoms with Crippen molar-refractivity contribution in [2.45, 2.75) is 45.5 Å². The predicted molar refractivity (Wildman–Crippen MR) is 81.1 cm³/mol. The van der Waals surface area contributed by atoms with Crippen molar-refractivity contribution in [3.8, 4) is 0 Å². The summed E-state index contributed by atoms with van der Waals surface area (Å²) in [6.45, 7) is 7.00. The Balaban J connectivity index is 2.54. The zero-order valence-corrected chi connectivity index (χ0v) is 13.9. The Morgan fingerprint density at radius 1 is 1.35 bits per heavy atom. The van der Waals surface area contributed by atoms with Gasteiger partial charge in [-0.1, -0.05) is 25.8 Å². The van der Waals surface area contributed by atoms with Gasteiger partial charge in [0.2, 0.25) is 0 Å². The smallest absolute Gasteiger partial charge is 0.187 e. The van der Waals surface area contributed by atoms with Gasteiger partial charge >= 0.3 is 0 Å². The average molecular weight is 366 g/mol. The summed E-state index contributed by atoms with van der Waals surface area (Å²) in [6.07, 6.45) is 2.39. The molecular formula is C13H20FIOSi. The van der Waals surface area contributed by atoms with Crippen LogP contribution in [0.5, 0.6) is 0 Å². The first-order valence-corrected chi connectivity index (χ1v) is 10.2. The van der Waals surface area contributed by atoms with Crippen LogP contribution in [0.2, 0.25) is 19.1 Å². The molecule has 0 radical (unpaired) electrons. The van der Waals surface area contributed by atoms with Gasteiger partial charge in [0.25, 0.3) is 0 Å². The Morgan fingerprint density at radius 2 is 2.06 bits per heavy atom. The van der Waals surface area contributed by atoms with Gasteiger partial charge in [0.05, 0.1) is 6.61 Å². The maximum atomic E-state index is 13.6. The fourth-order valence-corrected chi connectivity index (χ4v) is 3.94. The molecule has 0 N–H and O–H groups in total. The molecule has 0 unspecified atom stereocenters. The molecular weight excluding hydrogens is 346 g/mol. The maximum Gasteiger partial charge on any atom is 0.187 e. The molecule has 0 saturated carbocycles. The van der Waals surface area contributed by atoms with Crippen molar-refractivity contribution < 1.29 is 8.82 Å². The lowest BCUT2D eigenvalue weighted by Gasteiger charge is -2.22. The maximum absolute atomic E-state index is 13.6. The molecule has 0 heterocycles. The van der Waals surface area contributed by atoms with E-state index in [-0.39, 0.29) is 5.82 Å². The highest BCUT2D eigenvalue weighted by molar-refractivity contribution is 14.1. The minimum atomic E-state index is -1.61. The lowest BCUT2D eigenvalue weighted by atomic mass is 10.2. The molecule has 4 heteroatoms.